The van der Waals surface area contributed by atoms with E-state index in [1.54, 1.807) is 12.1 Å². The topological polar surface area (TPSA) is 112 Å². The van der Waals surface area contributed by atoms with Crippen molar-refractivity contribution in [3.05, 3.63) is 70.8 Å². The molecular weight excluding hydrogens is 312 g/mol. The molecule has 6 nitrogen and oxygen atoms in total. The molecule has 24 heavy (non-hydrogen) atoms. The zero-order valence-corrected chi connectivity index (χ0v) is 12.5. The summed E-state index contributed by atoms with van der Waals surface area (Å²) in [5.41, 5.74) is 1.21. The van der Waals surface area contributed by atoms with Crippen molar-refractivity contribution in [3.8, 4) is 5.75 Å². The summed E-state index contributed by atoms with van der Waals surface area (Å²) in [6, 6.07) is 10.0. The van der Waals surface area contributed by atoms with Gasteiger partial charge in [0.1, 0.15) is 5.75 Å². The first-order valence-corrected chi connectivity index (χ1v) is 6.96. The molecule has 0 fully saturated rings. The van der Waals surface area contributed by atoms with Gasteiger partial charge in [-0.3, -0.25) is 9.59 Å². The van der Waals surface area contributed by atoms with E-state index in [1.807, 2.05) is 0 Å². The highest BCUT2D eigenvalue weighted by molar-refractivity contribution is 6.07. The average Bonchev–Trinajstić information content (AvgIpc) is 2.54. The lowest BCUT2D eigenvalue weighted by molar-refractivity contribution is -0.136. The number of aromatic carboxylic acids is 1. The van der Waals surface area contributed by atoms with Gasteiger partial charge in [0.05, 0.1) is 12.0 Å². The Balaban J connectivity index is 2.16. The first-order valence-electron chi connectivity index (χ1n) is 6.96. The molecule has 0 amide bonds. The van der Waals surface area contributed by atoms with Crippen molar-refractivity contribution in [2.75, 3.05) is 0 Å². The number of benzene rings is 2. The second-order valence-electron chi connectivity index (χ2n) is 5.04. The Hall–Kier alpha value is -3.41. The maximum Gasteiger partial charge on any atom is 0.335 e. The number of aromatic hydroxyl groups is 1. The molecule has 0 saturated heterocycles. The van der Waals surface area contributed by atoms with Crippen LogP contribution in [0, 0.1) is 0 Å². The average molecular weight is 326 g/mol. The van der Waals surface area contributed by atoms with Gasteiger partial charge >= 0.3 is 11.9 Å². The summed E-state index contributed by atoms with van der Waals surface area (Å²) in [5, 5.41) is 27.2. The van der Waals surface area contributed by atoms with Gasteiger partial charge in [-0.2, -0.15) is 0 Å². The van der Waals surface area contributed by atoms with Crippen LogP contribution in [-0.2, 0) is 11.2 Å². The smallest absolute Gasteiger partial charge is 0.335 e. The molecule has 0 heterocycles. The molecule has 2 aromatic rings. The maximum atomic E-state index is 12.1. The normalized spacial score (nSPS) is 10.7. The number of hydrogen-bond donors (Lipinski definition) is 3. The number of carbonyl (C=O) groups excluding carboxylic acids is 1. The molecular formula is C18H14O6. The molecule has 0 unspecified atom stereocenters. The SMILES string of the molecule is O=C(O)Cc1cc(C(=O)/C=C/c2ccc(C(=O)O)cc2)ccc1O. The van der Waals surface area contributed by atoms with Gasteiger partial charge in [0, 0.05) is 11.1 Å². The van der Waals surface area contributed by atoms with Gasteiger partial charge in [0.25, 0.3) is 0 Å². The zero-order valence-electron chi connectivity index (χ0n) is 12.5. The second-order valence-corrected chi connectivity index (χ2v) is 5.04. The third kappa shape index (κ3) is 4.30. The van der Waals surface area contributed by atoms with Gasteiger partial charge in [-0.15, -0.1) is 0 Å². The van der Waals surface area contributed by atoms with E-state index in [-0.39, 0.29) is 34.6 Å². The highest BCUT2D eigenvalue weighted by Gasteiger charge is 2.10. The Morgan fingerprint density at radius 1 is 0.917 bits per heavy atom. The second kappa shape index (κ2) is 7.23. The third-order valence-electron chi connectivity index (χ3n) is 3.29. The fourth-order valence-corrected chi connectivity index (χ4v) is 2.05. The maximum absolute atomic E-state index is 12.1. The lowest BCUT2D eigenvalue weighted by atomic mass is 10.0. The van der Waals surface area contributed by atoms with Crippen LogP contribution in [0.25, 0.3) is 6.08 Å². The van der Waals surface area contributed by atoms with Crippen molar-refractivity contribution in [1.29, 1.82) is 0 Å². The molecule has 2 rings (SSSR count). The van der Waals surface area contributed by atoms with Crippen LogP contribution in [0.15, 0.2) is 48.5 Å². The Morgan fingerprint density at radius 2 is 1.54 bits per heavy atom. The van der Waals surface area contributed by atoms with Gasteiger partial charge in [-0.1, -0.05) is 18.2 Å². The van der Waals surface area contributed by atoms with E-state index in [4.69, 9.17) is 10.2 Å². The molecule has 0 saturated carbocycles. The van der Waals surface area contributed by atoms with E-state index in [0.717, 1.165) is 0 Å². The first-order chi connectivity index (χ1) is 11.4. The molecule has 122 valence electrons. The van der Waals surface area contributed by atoms with Crippen LogP contribution in [0.1, 0.15) is 31.8 Å². The van der Waals surface area contributed by atoms with Crippen LogP contribution in [-0.4, -0.2) is 33.0 Å². The van der Waals surface area contributed by atoms with Crippen LogP contribution in [0.5, 0.6) is 5.75 Å². The number of aliphatic carboxylic acids is 1. The minimum Gasteiger partial charge on any atom is -0.508 e. The Kier molecular flexibility index (Phi) is 5.11. The monoisotopic (exact) mass is 326 g/mol. The first kappa shape index (κ1) is 17.0. The largest absolute Gasteiger partial charge is 0.508 e. The van der Waals surface area contributed by atoms with E-state index < -0.39 is 11.9 Å². The number of carbonyl (C=O) groups is 3. The Bertz CT molecular complexity index is 818. The zero-order chi connectivity index (χ0) is 17.7. The van der Waals surface area contributed by atoms with Crippen LogP contribution in [0.4, 0.5) is 0 Å². The molecule has 0 radical (unpaired) electrons. The Labute approximate surface area is 137 Å². The minimum absolute atomic E-state index is 0.148. The van der Waals surface area contributed by atoms with E-state index in [2.05, 4.69) is 0 Å². The highest BCUT2D eigenvalue weighted by Crippen LogP contribution is 2.20. The lowest BCUT2D eigenvalue weighted by Crippen LogP contribution is -2.02. The summed E-state index contributed by atoms with van der Waals surface area (Å²) in [4.78, 5) is 33.6. The van der Waals surface area contributed by atoms with Crippen LogP contribution in [0.2, 0.25) is 0 Å². The fraction of sp³-hybridized carbons (Fsp3) is 0.0556. The molecule has 0 spiro atoms. The minimum atomic E-state index is -1.11. The summed E-state index contributed by atoms with van der Waals surface area (Å²) in [6.45, 7) is 0. The van der Waals surface area contributed by atoms with Crippen molar-refractivity contribution >= 4 is 23.8 Å². The molecule has 2 aromatic carbocycles. The molecule has 0 bridgehead atoms. The van der Waals surface area contributed by atoms with Crippen LogP contribution >= 0.6 is 0 Å². The van der Waals surface area contributed by atoms with E-state index in [9.17, 15) is 19.5 Å². The number of carboxylic acid groups (broad SMARTS) is 2. The van der Waals surface area contributed by atoms with Crippen molar-refractivity contribution in [2.45, 2.75) is 6.42 Å². The molecule has 0 aromatic heterocycles. The van der Waals surface area contributed by atoms with Gasteiger partial charge in [0.15, 0.2) is 5.78 Å². The number of carboxylic acids is 2. The van der Waals surface area contributed by atoms with Crippen molar-refractivity contribution in [3.63, 3.8) is 0 Å². The number of phenolic OH excluding ortho intramolecular Hbond substituents is 1. The molecule has 0 aliphatic heterocycles. The number of hydrogen-bond acceptors (Lipinski definition) is 4. The molecule has 0 aliphatic carbocycles. The fourth-order valence-electron chi connectivity index (χ4n) is 2.05. The number of ketones is 1. The quantitative estimate of drug-likeness (QED) is 0.556. The molecule has 6 heteroatoms. The van der Waals surface area contributed by atoms with Crippen LogP contribution < -0.4 is 0 Å². The predicted molar refractivity (Wildman–Crippen MR) is 86.2 cm³/mol. The molecule has 3 N–H and O–H groups in total. The van der Waals surface area contributed by atoms with Gasteiger partial charge in [-0.05, 0) is 42.0 Å². The number of phenols is 1. The highest BCUT2D eigenvalue weighted by atomic mass is 16.4. The van der Waals surface area contributed by atoms with Gasteiger partial charge in [0.2, 0.25) is 0 Å². The van der Waals surface area contributed by atoms with Crippen molar-refractivity contribution in [1.82, 2.24) is 0 Å². The van der Waals surface area contributed by atoms with Gasteiger partial charge < -0.3 is 15.3 Å². The summed E-state index contributed by atoms with van der Waals surface area (Å²) in [5.74, 6) is -2.67. The number of rotatable bonds is 6. The third-order valence-corrected chi connectivity index (χ3v) is 3.29. The van der Waals surface area contributed by atoms with Crippen molar-refractivity contribution < 1.29 is 29.7 Å². The predicted octanol–water partition coefficient (Wildman–Crippen LogP) is 2.61. The van der Waals surface area contributed by atoms with Gasteiger partial charge in [-0.25, -0.2) is 4.79 Å². The van der Waals surface area contributed by atoms with E-state index in [1.165, 1.54) is 42.5 Å². The number of allylic oxidation sites excluding steroid dienone is 1. The lowest BCUT2D eigenvalue weighted by Gasteiger charge is -2.04. The summed E-state index contributed by atoms with van der Waals surface area (Å²) >= 11 is 0. The van der Waals surface area contributed by atoms with Crippen molar-refractivity contribution in [2.24, 2.45) is 0 Å². The summed E-state index contributed by atoms with van der Waals surface area (Å²) in [6.07, 6.45) is 2.44. The Morgan fingerprint density at radius 3 is 2.12 bits per heavy atom. The van der Waals surface area contributed by atoms with Crippen LogP contribution in [0.3, 0.4) is 0 Å². The van der Waals surface area contributed by atoms with E-state index >= 15 is 0 Å². The summed E-state index contributed by atoms with van der Waals surface area (Å²) < 4.78 is 0. The molecule has 0 aliphatic rings. The standard InChI is InChI=1S/C18H14O6/c19-15(7-3-11-1-4-12(5-2-11)18(23)24)13-6-8-16(20)14(9-13)10-17(21)22/h1-9,20H,10H2,(H,21,22)(H,23,24)/b7-3+. The molecule has 0 atom stereocenters. The summed E-state index contributed by atoms with van der Waals surface area (Å²) in [7, 11) is 0. The van der Waals surface area contributed by atoms with E-state index in [0.29, 0.717) is 5.56 Å².